The van der Waals surface area contributed by atoms with Gasteiger partial charge in [0.15, 0.2) is 17.4 Å². The van der Waals surface area contributed by atoms with Crippen LogP contribution in [0, 0.1) is 37.3 Å². The minimum atomic E-state index is 0. The Hall–Kier alpha value is 3.42. The van der Waals surface area contributed by atoms with Crippen LogP contribution in [0.3, 0.4) is 0 Å². The molecule has 0 rings (SSSR count). The average Bonchev–Trinajstić information content (AvgIpc) is 0. The molecule has 0 saturated heterocycles. The molecule has 0 amide bonds. The Bertz CT molecular complexity index is 8.00. The van der Waals surface area contributed by atoms with E-state index in [2.05, 4.69) is 0 Å². The summed E-state index contributed by atoms with van der Waals surface area (Å²) >= 11 is 0. The summed E-state index contributed by atoms with van der Waals surface area (Å²) in [6, 6.07) is 0. The zero-order valence-electron chi connectivity index (χ0n) is 0.866. The van der Waals surface area contributed by atoms with Crippen molar-refractivity contribution in [2.24, 2.45) is 0 Å². The fourth-order valence-corrected chi connectivity index (χ4v) is 0. The molecule has 0 saturated carbocycles. The van der Waals surface area contributed by atoms with Crippen LogP contribution in [0.5, 0.6) is 0 Å². The summed E-state index contributed by atoms with van der Waals surface area (Å²) < 4.78 is 0. The summed E-state index contributed by atoms with van der Waals surface area (Å²) in [6.45, 7) is 0. The van der Waals surface area contributed by atoms with Gasteiger partial charge < -0.3 is 0 Å². The van der Waals surface area contributed by atoms with Crippen LogP contribution in [0.25, 0.3) is 0 Å². The van der Waals surface area contributed by atoms with Crippen molar-refractivity contribution in [3.8, 4) is 0 Å². The first-order valence-electron chi connectivity index (χ1n) is 0. The molecule has 0 fully saturated rings. The molecule has 0 aromatic rings. The zero-order chi connectivity index (χ0) is 0. The fraction of sp³-hybridized carbons (Fsp3) is 0. The molecular formula is H5AlErMgSc. The van der Waals surface area contributed by atoms with Gasteiger partial charge in [0.2, 0.25) is 0 Å². The minimum absolute atomic E-state index is 0. The van der Waals surface area contributed by atoms with E-state index in [9.17, 15) is 0 Å². The Labute approximate surface area is 101 Å². The van der Waals surface area contributed by atoms with Gasteiger partial charge in [0.25, 0.3) is 0 Å². The second-order valence-corrected chi connectivity index (χ2v) is 0. The monoisotopic (exact) mass is 267 g/mol. The smallest absolute Gasteiger partial charge is 0 e. The van der Waals surface area contributed by atoms with Crippen molar-refractivity contribution in [2.75, 3.05) is 0 Å². The van der Waals surface area contributed by atoms with Crippen LogP contribution < -0.4 is 0 Å². The van der Waals surface area contributed by atoms with Crippen LogP contribution >= 0.6 is 0 Å². The third-order valence-corrected chi connectivity index (χ3v) is 0. The van der Waals surface area contributed by atoms with Crippen LogP contribution in [-0.4, -0.2) is 40.4 Å². The molecular weight excluding hydrogens is 264 g/mol. The van der Waals surface area contributed by atoms with E-state index in [1.165, 1.54) is 0 Å². The molecule has 25 valence electrons. The van der Waals surface area contributed by atoms with Crippen molar-refractivity contribution in [3.05, 3.63) is 0 Å². The second-order valence-electron chi connectivity index (χ2n) is 0. The van der Waals surface area contributed by atoms with E-state index in [0.29, 0.717) is 0 Å². The van der Waals surface area contributed by atoms with Gasteiger partial charge in [-0.1, -0.05) is 0 Å². The molecule has 0 heterocycles. The van der Waals surface area contributed by atoms with Crippen LogP contribution in [0.15, 0.2) is 0 Å². The van der Waals surface area contributed by atoms with Gasteiger partial charge in [-0.2, -0.15) is 0 Å². The molecule has 4 heavy (non-hydrogen) atoms. The van der Waals surface area contributed by atoms with Gasteiger partial charge in [0, 0.05) is 63.1 Å². The van der Waals surface area contributed by atoms with E-state index in [1.54, 1.807) is 0 Å². The van der Waals surface area contributed by atoms with Gasteiger partial charge in [0.1, 0.15) is 0 Å². The third kappa shape index (κ3) is 9.05. The van der Waals surface area contributed by atoms with E-state index in [1.807, 2.05) is 0 Å². The molecule has 0 aliphatic rings. The molecule has 0 nitrogen and oxygen atoms in total. The zero-order valence-corrected chi connectivity index (χ0v) is 4.52. The second kappa shape index (κ2) is 16.1. The van der Waals surface area contributed by atoms with E-state index < -0.39 is 0 Å². The van der Waals surface area contributed by atoms with Crippen LogP contribution in [0.2, 0.25) is 0 Å². The molecule has 0 aromatic carbocycles. The first kappa shape index (κ1) is 26.2. The van der Waals surface area contributed by atoms with Crippen molar-refractivity contribution in [1.82, 2.24) is 0 Å². The molecule has 4 heteroatoms. The molecule has 0 bridgehead atoms. The van der Waals surface area contributed by atoms with E-state index in [0.717, 1.165) is 0 Å². The summed E-state index contributed by atoms with van der Waals surface area (Å²) in [7, 11) is 0. The molecule has 0 aliphatic heterocycles. The maximum Gasteiger partial charge on any atom is 0.316 e. The maximum atomic E-state index is 0. The quantitative estimate of drug-likeness (QED) is 0.442. The van der Waals surface area contributed by atoms with Crippen LogP contribution in [-0.2, 0) is 25.8 Å². The largest absolute Gasteiger partial charge is 0.316 e. The van der Waals surface area contributed by atoms with Crippen molar-refractivity contribution in [3.63, 3.8) is 0 Å². The maximum absolute atomic E-state index is 0. The Morgan fingerprint density at radius 1 is 1.00 bits per heavy atom. The van der Waals surface area contributed by atoms with Crippen molar-refractivity contribution in [1.29, 1.82) is 0 Å². The van der Waals surface area contributed by atoms with Crippen LogP contribution in [0.4, 0.5) is 0 Å². The summed E-state index contributed by atoms with van der Waals surface area (Å²) in [4.78, 5) is 0. The summed E-state index contributed by atoms with van der Waals surface area (Å²) in [5.74, 6) is 0. The topological polar surface area (TPSA) is 0 Å². The summed E-state index contributed by atoms with van der Waals surface area (Å²) in [6.07, 6.45) is 0. The van der Waals surface area contributed by atoms with Gasteiger partial charge >= 0.3 is 23.1 Å². The number of rotatable bonds is 0. The van der Waals surface area contributed by atoms with Gasteiger partial charge in [0.05, 0.1) is 0 Å². The van der Waals surface area contributed by atoms with E-state index in [4.69, 9.17) is 0 Å². The minimum Gasteiger partial charge on any atom is 0 e. The molecule has 0 spiro atoms. The van der Waals surface area contributed by atoms with Crippen molar-refractivity contribution < 1.29 is 63.1 Å². The predicted octanol–water partition coefficient (Wildman–Crippen LogP) is -2.10. The molecule has 0 N–H and O–H groups in total. The Balaban J connectivity index is 0. The van der Waals surface area contributed by atoms with Crippen molar-refractivity contribution >= 4 is 40.4 Å². The summed E-state index contributed by atoms with van der Waals surface area (Å²) in [5.41, 5.74) is 0. The van der Waals surface area contributed by atoms with Crippen molar-refractivity contribution in [2.45, 2.75) is 0 Å². The molecule has 0 aromatic heterocycles. The first-order chi connectivity index (χ1) is 0. The Morgan fingerprint density at radius 2 is 1.00 bits per heavy atom. The Morgan fingerprint density at radius 3 is 1.00 bits per heavy atom. The van der Waals surface area contributed by atoms with Gasteiger partial charge in [-0.15, -0.1) is 0 Å². The SMILES string of the molecule is [AlH3].[Er].[MgH2].[Sc]. The Kier molecular flexibility index (Phi) is 105. The number of hydrogen-bond acceptors (Lipinski definition) is 0. The molecule has 0 aliphatic carbocycles. The predicted molar refractivity (Wildman–Crippen MR) is 18.5 cm³/mol. The first-order valence-corrected chi connectivity index (χ1v) is 0. The van der Waals surface area contributed by atoms with E-state index in [-0.39, 0.29) is 104 Å². The third-order valence-electron chi connectivity index (χ3n) is 0. The molecule has 0 unspecified atom stereocenters. The average molecular weight is 269 g/mol. The number of hydrogen-bond donors (Lipinski definition) is 0. The molecule has 0 atom stereocenters. The normalized spacial score (nSPS) is 0. The summed E-state index contributed by atoms with van der Waals surface area (Å²) in [5, 5.41) is 0. The standard InChI is InChI=1S/Al.Er.Mg.Sc.5H. The van der Waals surface area contributed by atoms with Gasteiger partial charge in [-0.25, -0.2) is 0 Å². The van der Waals surface area contributed by atoms with E-state index >= 15 is 0 Å². The fourth-order valence-electron chi connectivity index (χ4n) is 0. The van der Waals surface area contributed by atoms with Gasteiger partial charge in [-0.05, 0) is 0 Å². The van der Waals surface area contributed by atoms with Gasteiger partial charge in [-0.3, -0.25) is 0 Å². The molecule has 1 radical (unpaired) electrons. The van der Waals surface area contributed by atoms with Crippen LogP contribution in [0.1, 0.15) is 0 Å².